The number of benzene rings is 1. The molecule has 5 nitrogen and oxygen atoms in total. The number of hydrogen-bond acceptors (Lipinski definition) is 4. The van der Waals surface area contributed by atoms with Gasteiger partial charge in [0.1, 0.15) is 0 Å². The van der Waals surface area contributed by atoms with Gasteiger partial charge in [-0.15, -0.1) is 0 Å². The Kier molecular flexibility index (Phi) is 4.63. The molecule has 1 aromatic rings. The molecule has 104 valence electrons. The predicted molar refractivity (Wildman–Crippen MR) is 74.5 cm³/mol. The summed E-state index contributed by atoms with van der Waals surface area (Å²) in [6, 6.07) is 7.53. The first-order valence-electron chi connectivity index (χ1n) is 6.51. The van der Waals surface area contributed by atoms with E-state index in [0.29, 0.717) is 11.8 Å². The highest BCUT2D eigenvalue weighted by Gasteiger charge is 2.21. The van der Waals surface area contributed by atoms with E-state index in [1.165, 1.54) is 7.11 Å². The fraction of sp³-hybridized carbons (Fsp3) is 0.500. The first kappa shape index (κ1) is 13.7. The highest BCUT2D eigenvalue weighted by atomic mass is 16.5. The standard InChI is InChI=1S/C14H20N2O3/c1-10-6-7-13(19-10)9-15-11-4-3-5-12(8-11)16-14(17)18-2/h3-5,8,10,13,15H,6-7,9H2,1-2H3,(H,16,17). The van der Waals surface area contributed by atoms with Gasteiger partial charge in [0.15, 0.2) is 0 Å². The van der Waals surface area contributed by atoms with Crippen molar-refractivity contribution in [2.45, 2.75) is 32.0 Å². The van der Waals surface area contributed by atoms with E-state index >= 15 is 0 Å². The van der Waals surface area contributed by atoms with Gasteiger partial charge >= 0.3 is 6.09 Å². The van der Waals surface area contributed by atoms with Crippen LogP contribution in [0.2, 0.25) is 0 Å². The third-order valence-electron chi connectivity index (χ3n) is 3.15. The van der Waals surface area contributed by atoms with Crippen LogP contribution >= 0.6 is 0 Å². The maximum Gasteiger partial charge on any atom is 0.411 e. The van der Waals surface area contributed by atoms with Crippen molar-refractivity contribution >= 4 is 17.5 Å². The number of carbonyl (C=O) groups is 1. The predicted octanol–water partition coefficient (Wildman–Crippen LogP) is 2.84. The van der Waals surface area contributed by atoms with E-state index in [4.69, 9.17) is 4.74 Å². The molecule has 2 unspecified atom stereocenters. The van der Waals surface area contributed by atoms with Crippen LogP contribution in [0.4, 0.5) is 16.2 Å². The number of methoxy groups -OCH3 is 1. The molecule has 1 aliphatic rings. The van der Waals surface area contributed by atoms with Crippen molar-refractivity contribution in [1.82, 2.24) is 0 Å². The Morgan fingerprint density at radius 1 is 1.42 bits per heavy atom. The molecule has 19 heavy (non-hydrogen) atoms. The third kappa shape index (κ3) is 4.13. The molecule has 0 saturated carbocycles. The number of carbonyl (C=O) groups excluding carboxylic acids is 1. The molecule has 2 rings (SSSR count). The monoisotopic (exact) mass is 264 g/mol. The quantitative estimate of drug-likeness (QED) is 0.878. The number of ether oxygens (including phenoxy) is 2. The molecule has 1 fully saturated rings. The Balaban J connectivity index is 1.86. The van der Waals surface area contributed by atoms with Gasteiger partial charge in [-0.25, -0.2) is 4.79 Å². The number of hydrogen-bond donors (Lipinski definition) is 2. The van der Waals surface area contributed by atoms with Crippen LogP contribution < -0.4 is 10.6 Å². The molecule has 0 radical (unpaired) electrons. The number of rotatable bonds is 4. The van der Waals surface area contributed by atoms with Gasteiger partial charge in [-0.05, 0) is 38.0 Å². The van der Waals surface area contributed by atoms with E-state index in [0.717, 1.165) is 25.1 Å². The fourth-order valence-electron chi connectivity index (χ4n) is 2.14. The van der Waals surface area contributed by atoms with Gasteiger partial charge in [0.25, 0.3) is 0 Å². The van der Waals surface area contributed by atoms with Crippen molar-refractivity contribution in [2.75, 3.05) is 24.3 Å². The van der Waals surface area contributed by atoms with Crippen LogP contribution in [0.1, 0.15) is 19.8 Å². The summed E-state index contributed by atoms with van der Waals surface area (Å²) < 4.78 is 10.3. The lowest BCUT2D eigenvalue weighted by atomic mass is 10.2. The maximum absolute atomic E-state index is 11.1. The lowest BCUT2D eigenvalue weighted by molar-refractivity contribution is 0.0637. The zero-order chi connectivity index (χ0) is 13.7. The van der Waals surface area contributed by atoms with E-state index in [1.54, 1.807) is 0 Å². The molecule has 1 heterocycles. The molecule has 2 N–H and O–H groups in total. The summed E-state index contributed by atoms with van der Waals surface area (Å²) >= 11 is 0. The zero-order valence-electron chi connectivity index (χ0n) is 11.3. The van der Waals surface area contributed by atoms with Gasteiger partial charge in [0.2, 0.25) is 0 Å². The second-order valence-electron chi connectivity index (χ2n) is 4.72. The molecule has 1 aliphatic heterocycles. The van der Waals surface area contributed by atoms with E-state index < -0.39 is 6.09 Å². The lowest BCUT2D eigenvalue weighted by Crippen LogP contribution is -2.19. The van der Waals surface area contributed by atoms with E-state index in [2.05, 4.69) is 22.3 Å². The molecule has 2 atom stereocenters. The van der Waals surface area contributed by atoms with Crippen molar-refractivity contribution in [1.29, 1.82) is 0 Å². The minimum Gasteiger partial charge on any atom is -0.453 e. The second kappa shape index (κ2) is 6.43. The number of anilines is 2. The second-order valence-corrected chi connectivity index (χ2v) is 4.72. The Labute approximate surface area is 113 Å². The van der Waals surface area contributed by atoms with Crippen LogP contribution in [0, 0.1) is 0 Å². The van der Waals surface area contributed by atoms with Gasteiger partial charge in [-0.3, -0.25) is 5.32 Å². The molecule has 0 spiro atoms. The first-order chi connectivity index (χ1) is 9.17. The average molecular weight is 264 g/mol. The largest absolute Gasteiger partial charge is 0.453 e. The molecule has 0 aliphatic carbocycles. The highest BCUT2D eigenvalue weighted by Crippen LogP contribution is 2.20. The van der Waals surface area contributed by atoms with Crippen LogP contribution in [-0.4, -0.2) is 32.0 Å². The third-order valence-corrected chi connectivity index (χ3v) is 3.15. The van der Waals surface area contributed by atoms with Crippen molar-refractivity contribution in [3.8, 4) is 0 Å². The normalized spacial score (nSPS) is 22.0. The van der Waals surface area contributed by atoms with Crippen LogP contribution in [0.3, 0.4) is 0 Å². The maximum atomic E-state index is 11.1. The molecule has 1 aromatic carbocycles. The van der Waals surface area contributed by atoms with Crippen LogP contribution in [-0.2, 0) is 9.47 Å². The molecule has 5 heteroatoms. The summed E-state index contributed by atoms with van der Waals surface area (Å²) in [4.78, 5) is 11.1. The van der Waals surface area contributed by atoms with E-state index in [-0.39, 0.29) is 6.10 Å². The van der Waals surface area contributed by atoms with Gasteiger partial charge < -0.3 is 14.8 Å². The average Bonchev–Trinajstić information content (AvgIpc) is 2.82. The van der Waals surface area contributed by atoms with Gasteiger partial charge in [0.05, 0.1) is 19.3 Å². The lowest BCUT2D eigenvalue weighted by Gasteiger charge is -2.14. The van der Waals surface area contributed by atoms with Crippen molar-refractivity contribution in [3.05, 3.63) is 24.3 Å². The summed E-state index contributed by atoms with van der Waals surface area (Å²) in [5.74, 6) is 0. The Bertz CT molecular complexity index is 436. The summed E-state index contributed by atoms with van der Waals surface area (Å²) in [5, 5.41) is 5.96. The Morgan fingerprint density at radius 2 is 2.21 bits per heavy atom. The smallest absolute Gasteiger partial charge is 0.411 e. The fourth-order valence-corrected chi connectivity index (χ4v) is 2.14. The van der Waals surface area contributed by atoms with E-state index in [9.17, 15) is 4.79 Å². The number of nitrogens with one attached hydrogen (secondary N) is 2. The summed E-state index contributed by atoms with van der Waals surface area (Å²) in [6.07, 6.45) is 2.38. The minimum atomic E-state index is -0.467. The van der Waals surface area contributed by atoms with Crippen molar-refractivity contribution in [3.63, 3.8) is 0 Å². The molecule has 0 aromatic heterocycles. The first-order valence-corrected chi connectivity index (χ1v) is 6.51. The zero-order valence-corrected chi connectivity index (χ0v) is 11.3. The highest BCUT2D eigenvalue weighted by molar-refractivity contribution is 5.85. The van der Waals surface area contributed by atoms with Crippen LogP contribution in [0.25, 0.3) is 0 Å². The van der Waals surface area contributed by atoms with Crippen LogP contribution in [0.5, 0.6) is 0 Å². The van der Waals surface area contributed by atoms with Crippen molar-refractivity contribution in [2.24, 2.45) is 0 Å². The van der Waals surface area contributed by atoms with Gasteiger partial charge in [0, 0.05) is 17.9 Å². The summed E-state index contributed by atoms with van der Waals surface area (Å²) in [5.41, 5.74) is 1.66. The molecule has 1 amide bonds. The molecular weight excluding hydrogens is 244 g/mol. The molecule has 0 bridgehead atoms. The summed E-state index contributed by atoms with van der Waals surface area (Å²) in [6.45, 7) is 2.88. The SMILES string of the molecule is COC(=O)Nc1cccc(NCC2CCC(C)O2)c1. The molecular formula is C14H20N2O3. The Morgan fingerprint density at radius 3 is 2.89 bits per heavy atom. The Hall–Kier alpha value is -1.75. The van der Waals surface area contributed by atoms with E-state index in [1.807, 2.05) is 24.3 Å². The number of amides is 1. The van der Waals surface area contributed by atoms with Gasteiger partial charge in [-0.1, -0.05) is 6.07 Å². The molecule has 1 saturated heterocycles. The van der Waals surface area contributed by atoms with Crippen molar-refractivity contribution < 1.29 is 14.3 Å². The van der Waals surface area contributed by atoms with Crippen LogP contribution in [0.15, 0.2) is 24.3 Å². The van der Waals surface area contributed by atoms with Gasteiger partial charge in [-0.2, -0.15) is 0 Å². The minimum absolute atomic E-state index is 0.271. The summed E-state index contributed by atoms with van der Waals surface area (Å²) in [7, 11) is 1.34. The topological polar surface area (TPSA) is 59.6 Å².